The predicted molar refractivity (Wildman–Crippen MR) is 70.0 cm³/mol. The number of nitrogens with one attached hydrogen (secondary N) is 1. The molecule has 0 spiro atoms. The third-order valence-corrected chi connectivity index (χ3v) is 4.00. The summed E-state index contributed by atoms with van der Waals surface area (Å²) < 4.78 is 0. The molecule has 1 saturated carbocycles. The van der Waals surface area contributed by atoms with Crippen molar-refractivity contribution in [2.24, 2.45) is 0 Å². The van der Waals surface area contributed by atoms with Gasteiger partial charge in [-0.2, -0.15) is 0 Å². The summed E-state index contributed by atoms with van der Waals surface area (Å²) in [5.74, 6) is 0.160. The third-order valence-electron chi connectivity index (χ3n) is 4.00. The molecule has 0 heterocycles. The van der Waals surface area contributed by atoms with E-state index in [4.69, 9.17) is 0 Å². The Labute approximate surface area is 103 Å². The zero-order valence-electron chi connectivity index (χ0n) is 10.8. The van der Waals surface area contributed by atoms with Gasteiger partial charge in [-0.05, 0) is 25.3 Å². The summed E-state index contributed by atoms with van der Waals surface area (Å²) in [6, 6.07) is 8.70. The molecule has 1 aromatic rings. The number of hydrogen-bond donors (Lipinski definition) is 1. The summed E-state index contributed by atoms with van der Waals surface area (Å²) in [6.07, 6.45) is 5.40. The van der Waals surface area contributed by atoms with E-state index in [9.17, 15) is 4.79 Å². The Balaban J connectivity index is 2.27. The van der Waals surface area contributed by atoms with Crippen LogP contribution in [-0.2, 0) is 10.2 Å². The SMILES string of the molecule is CNC(=O)CC1(c2ccc(C)cc2)CCCC1. The van der Waals surface area contributed by atoms with Gasteiger partial charge in [0.15, 0.2) is 0 Å². The molecule has 1 aliphatic rings. The van der Waals surface area contributed by atoms with E-state index < -0.39 is 0 Å². The second-order valence-electron chi connectivity index (χ2n) is 5.20. The van der Waals surface area contributed by atoms with Crippen molar-refractivity contribution in [2.75, 3.05) is 7.05 Å². The Kier molecular flexibility index (Phi) is 3.51. The lowest BCUT2D eigenvalue weighted by atomic mass is 9.75. The second-order valence-corrected chi connectivity index (χ2v) is 5.20. The maximum absolute atomic E-state index is 11.7. The van der Waals surface area contributed by atoms with Gasteiger partial charge in [0.2, 0.25) is 5.91 Å². The number of carbonyl (C=O) groups excluding carboxylic acids is 1. The first-order chi connectivity index (χ1) is 8.16. The second kappa shape index (κ2) is 4.91. The Morgan fingerprint density at radius 3 is 2.35 bits per heavy atom. The van der Waals surface area contributed by atoms with Gasteiger partial charge >= 0.3 is 0 Å². The van der Waals surface area contributed by atoms with Crippen LogP contribution in [0.5, 0.6) is 0 Å². The molecule has 0 saturated heterocycles. The molecule has 0 unspecified atom stereocenters. The fraction of sp³-hybridized carbons (Fsp3) is 0.533. The zero-order chi connectivity index (χ0) is 12.3. The van der Waals surface area contributed by atoms with E-state index in [1.807, 2.05) is 0 Å². The summed E-state index contributed by atoms with van der Waals surface area (Å²) in [5, 5.41) is 2.76. The molecular weight excluding hydrogens is 210 g/mol. The van der Waals surface area contributed by atoms with Crippen LogP contribution in [0.1, 0.15) is 43.2 Å². The molecule has 17 heavy (non-hydrogen) atoms. The van der Waals surface area contributed by atoms with Crippen LogP contribution in [0, 0.1) is 6.92 Å². The van der Waals surface area contributed by atoms with E-state index in [-0.39, 0.29) is 11.3 Å². The van der Waals surface area contributed by atoms with E-state index in [0.29, 0.717) is 6.42 Å². The largest absolute Gasteiger partial charge is 0.359 e. The highest BCUT2D eigenvalue weighted by molar-refractivity contribution is 5.77. The Morgan fingerprint density at radius 2 is 1.82 bits per heavy atom. The molecule has 0 atom stereocenters. The molecular formula is C15H21NO. The Morgan fingerprint density at radius 1 is 1.24 bits per heavy atom. The molecule has 2 rings (SSSR count). The van der Waals surface area contributed by atoms with Crippen molar-refractivity contribution >= 4 is 5.91 Å². The smallest absolute Gasteiger partial charge is 0.220 e. The first-order valence-electron chi connectivity index (χ1n) is 6.44. The van der Waals surface area contributed by atoms with Crippen molar-refractivity contribution in [3.63, 3.8) is 0 Å². The van der Waals surface area contributed by atoms with Gasteiger partial charge in [0.05, 0.1) is 0 Å². The standard InChI is InChI=1S/C15H21NO/c1-12-5-7-13(8-6-12)15(9-3-4-10-15)11-14(17)16-2/h5-8H,3-4,9-11H2,1-2H3,(H,16,17). The van der Waals surface area contributed by atoms with Crippen LogP contribution < -0.4 is 5.32 Å². The maximum atomic E-state index is 11.7. The lowest BCUT2D eigenvalue weighted by molar-refractivity contribution is -0.121. The van der Waals surface area contributed by atoms with Crippen LogP contribution >= 0.6 is 0 Å². The van der Waals surface area contributed by atoms with Crippen molar-refractivity contribution < 1.29 is 4.79 Å². The van der Waals surface area contributed by atoms with Gasteiger partial charge in [-0.1, -0.05) is 42.7 Å². The van der Waals surface area contributed by atoms with E-state index in [0.717, 1.165) is 12.8 Å². The number of amides is 1. The number of carbonyl (C=O) groups is 1. The molecule has 1 aromatic carbocycles. The van der Waals surface area contributed by atoms with Gasteiger partial charge < -0.3 is 5.32 Å². The Bertz CT molecular complexity index is 388. The molecule has 0 radical (unpaired) electrons. The van der Waals surface area contributed by atoms with Crippen molar-refractivity contribution in [3.8, 4) is 0 Å². The van der Waals surface area contributed by atoms with Crippen molar-refractivity contribution in [3.05, 3.63) is 35.4 Å². The molecule has 1 amide bonds. The van der Waals surface area contributed by atoms with Crippen molar-refractivity contribution in [1.29, 1.82) is 0 Å². The summed E-state index contributed by atoms with van der Waals surface area (Å²) in [7, 11) is 1.72. The van der Waals surface area contributed by atoms with Crippen LogP contribution in [0.25, 0.3) is 0 Å². The summed E-state index contributed by atoms with van der Waals surface area (Å²) in [6.45, 7) is 2.10. The molecule has 0 aromatic heterocycles. The first-order valence-corrected chi connectivity index (χ1v) is 6.44. The van der Waals surface area contributed by atoms with Gasteiger partial charge in [-0.25, -0.2) is 0 Å². The molecule has 1 N–H and O–H groups in total. The summed E-state index contributed by atoms with van der Waals surface area (Å²) in [4.78, 5) is 11.7. The predicted octanol–water partition coefficient (Wildman–Crippen LogP) is 2.94. The average molecular weight is 231 g/mol. The maximum Gasteiger partial charge on any atom is 0.220 e. The molecule has 0 bridgehead atoms. The minimum absolute atomic E-state index is 0.0911. The van der Waals surface area contributed by atoms with Crippen LogP contribution in [0.15, 0.2) is 24.3 Å². The van der Waals surface area contributed by atoms with Crippen molar-refractivity contribution in [2.45, 2.75) is 44.4 Å². The molecule has 0 aliphatic heterocycles. The molecule has 92 valence electrons. The van der Waals surface area contributed by atoms with Gasteiger partial charge in [-0.3, -0.25) is 4.79 Å². The molecule has 2 nitrogen and oxygen atoms in total. The molecule has 1 aliphatic carbocycles. The van der Waals surface area contributed by atoms with E-state index in [2.05, 4.69) is 36.5 Å². The normalized spacial score (nSPS) is 18.0. The molecule has 1 fully saturated rings. The highest BCUT2D eigenvalue weighted by Crippen LogP contribution is 2.43. The lowest BCUT2D eigenvalue weighted by Crippen LogP contribution is -2.31. The quantitative estimate of drug-likeness (QED) is 0.851. The van der Waals surface area contributed by atoms with E-state index in [1.165, 1.54) is 24.0 Å². The van der Waals surface area contributed by atoms with Crippen LogP contribution in [0.2, 0.25) is 0 Å². The van der Waals surface area contributed by atoms with Crippen LogP contribution in [0.3, 0.4) is 0 Å². The molecule has 2 heteroatoms. The number of rotatable bonds is 3. The fourth-order valence-electron chi connectivity index (χ4n) is 2.92. The summed E-state index contributed by atoms with van der Waals surface area (Å²) >= 11 is 0. The highest BCUT2D eigenvalue weighted by Gasteiger charge is 2.37. The topological polar surface area (TPSA) is 29.1 Å². The zero-order valence-corrected chi connectivity index (χ0v) is 10.8. The number of aryl methyl sites for hydroxylation is 1. The lowest BCUT2D eigenvalue weighted by Gasteiger charge is -2.29. The number of benzene rings is 1. The van der Waals surface area contributed by atoms with Gasteiger partial charge in [0, 0.05) is 18.9 Å². The highest BCUT2D eigenvalue weighted by atomic mass is 16.1. The van der Waals surface area contributed by atoms with E-state index in [1.54, 1.807) is 7.05 Å². The van der Waals surface area contributed by atoms with Crippen LogP contribution in [0.4, 0.5) is 0 Å². The van der Waals surface area contributed by atoms with Gasteiger partial charge in [0.25, 0.3) is 0 Å². The van der Waals surface area contributed by atoms with Crippen LogP contribution in [-0.4, -0.2) is 13.0 Å². The summed E-state index contributed by atoms with van der Waals surface area (Å²) in [5.41, 5.74) is 2.71. The van der Waals surface area contributed by atoms with Gasteiger partial charge in [-0.15, -0.1) is 0 Å². The van der Waals surface area contributed by atoms with Crippen molar-refractivity contribution in [1.82, 2.24) is 5.32 Å². The Hall–Kier alpha value is -1.31. The average Bonchev–Trinajstić information content (AvgIpc) is 2.79. The third kappa shape index (κ3) is 2.51. The number of hydrogen-bond acceptors (Lipinski definition) is 1. The van der Waals surface area contributed by atoms with E-state index >= 15 is 0 Å². The minimum atomic E-state index is 0.0911. The minimum Gasteiger partial charge on any atom is -0.359 e. The fourth-order valence-corrected chi connectivity index (χ4v) is 2.92. The first kappa shape index (κ1) is 12.2. The monoisotopic (exact) mass is 231 g/mol. The van der Waals surface area contributed by atoms with Gasteiger partial charge in [0.1, 0.15) is 0 Å².